The first-order valence-corrected chi connectivity index (χ1v) is 6.04. The number of hydrogen-bond donors (Lipinski definition) is 2. The molecule has 0 fully saturated rings. The van der Waals surface area contributed by atoms with E-state index < -0.39 is 0 Å². The number of nitrogens with zero attached hydrogens (tertiary/aromatic N) is 2. The molecule has 0 saturated heterocycles. The van der Waals surface area contributed by atoms with E-state index in [9.17, 15) is 4.39 Å². The van der Waals surface area contributed by atoms with Gasteiger partial charge in [-0.3, -0.25) is 0 Å². The smallest absolute Gasteiger partial charge is 0.188 e. The number of hydrogen-bond acceptors (Lipinski definition) is 2. The van der Waals surface area contributed by atoms with Crippen molar-refractivity contribution >= 4 is 11.6 Å². The van der Waals surface area contributed by atoms with Gasteiger partial charge in [0, 0.05) is 20.6 Å². The zero-order valence-corrected chi connectivity index (χ0v) is 11.2. The highest BCUT2D eigenvalue weighted by Gasteiger charge is 2.04. The van der Waals surface area contributed by atoms with Crippen LogP contribution in [0.25, 0.3) is 0 Å². The predicted molar refractivity (Wildman–Crippen MR) is 74.3 cm³/mol. The SMILES string of the molecule is CCCNC(N)=NCc1ccc(N(C)C)c(F)c1. The van der Waals surface area contributed by atoms with Crippen LogP contribution in [0.2, 0.25) is 0 Å². The third-order valence-electron chi connectivity index (χ3n) is 2.48. The summed E-state index contributed by atoms with van der Waals surface area (Å²) in [7, 11) is 3.62. The molecule has 5 heteroatoms. The van der Waals surface area contributed by atoms with Crippen molar-refractivity contribution in [1.82, 2.24) is 5.32 Å². The van der Waals surface area contributed by atoms with Crippen molar-refractivity contribution in [3.8, 4) is 0 Å². The van der Waals surface area contributed by atoms with Crippen LogP contribution in [0.15, 0.2) is 23.2 Å². The fourth-order valence-electron chi connectivity index (χ4n) is 1.50. The number of halogens is 1. The third-order valence-corrected chi connectivity index (χ3v) is 2.48. The Morgan fingerprint density at radius 3 is 2.72 bits per heavy atom. The number of nitrogens with one attached hydrogen (secondary N) is 1. The molecular formula is C13H21FN4. The Morgan fingerprint density at radius 1 is 1.44 bits per heavy atom. The quantitative estimate of drug-likeness (QED) is 0.619. The van der Waals surface area contributed by atoms with Gasteiger partial charge in [0.25, 0.3) is 0 Å². The van der Waals surface area contributed by atoms with E-state index in [1.54, 1.807) is 11.0 Å². The van der Waals surface area contributed by atoms with E-state index in [4.69, 9.17) is 5.73 Å². The summed E-state index contributed by atoms with van der Waals surface area (Å²) in [5.74, 6) is 0.154. The summed E-state index contributed by atoms with van der Waals surface area (Å²) in [6.07, 6.45) is 0.988. The van der Waals surface area contributed by atoms with Gasteiger partial charge in [-0.2, -0.15) is 0 Å². The minimum atomic E-state index is -0.243. The van der Waals surface area contributed by atoms with Crippen LogP contribution in [0.1, 0.15) is 18.9 Å². The number of benzene rings is 1. The van der Waals surface area contributed by atoms with Gasteiger partial charge >= 0.3 is 0 Å². The molecule has 100 valence electrons. The van der Waals surface area contributed by atoms with Crippen LogP contribution in [0.4, 0.5) is 10.1 Å². The number of guanidine groups is 1. The molecule has 1 rings (SSSR count). The number of rotatable bonds is 5. The van der Waals surface area contributed by atoms with Crippen LogP contribution in [-0.4, -0.2) is 26.6 Å². The molecule has 0 bridgehead atoms. The molecule has 1 aromatic rings. The molecule has 3 N–H and O–H groups in total. The van der Waals surface area contributed by atoms with Crippen molar-refractivity contribution in [3.05, 3.63) is 29.6 Å². The standard InChI is InChI=1S/C13H21FN4/c1-4-7-16-13(15)17-9-10-5-6-12(18(2)3)11(14)8-10/h5-6,8H,4,7,9H2,1-3H3,(H3,15,16,17). The summed E-state index contributed by atoms with van der Waals surface area (Å²) in [6.45, 7) is 3.23. The lowest BCUT2D eigenvalue weighted by molar-refractivity contribution is 0.624. The van der Waals surface area contributed by atoms with Gasteiger partial charge in [0.15, 0.2) is 5.96 Å². The largest absolute Gasteiger partial charge is 0.375 e. The Kier molecular flexibility index (Phi) is 5.42. The van der Waals surface area contributed by atoms with Crippen molar-refractivity contribution < 1.29 is 4.39 Å². The Hall–Kier alpha value is -1.78. The van der Waals surface area contributed by atoms with Gasteiger partial charge in [-0.05, 0) is 24.1 Å². The molecule has 4 nitrogen and oxygen atoms in total. The van der Waals surface area contributed by atoms with Crippen molar-refractivity contribution in [2.24, 2.45) is 10.7 Å². The zero-order valence-electron chi connectivity index (χ0n) is 11.2. The summed E-state index contributed by atoms with van der Waals surface area (Å²) < 4.78 is 13.7. The molecule has 0 heterocycles. The second-order valence-corrected chi connectivity index (χ2v) is 4.31. The van der Waals surface area contributed by atoms with Gasteiger partial charge < -0.3 is 16.0 Å². The van der Waals surface area contributed by atoms with Crippen molar-refractivity contribution in [1.29, 1.82) is 0 Å². The molecule has 18 heavy (non-hydrogen) atoms. The topological polar surface area (TPSA) is 53.6 Å². The molecule has 0 spiro atoms. The van der Waals surface area contributed by atoms with Gasteiger partial charge in [0.05, 0.1) is 12.2 Å². The highest BCUT2D eigenvalue weighted by molar-refractivity contribution is 5.77. The fourth-order valence-corrected chi connectivity index (χ4v) is 1.50. The molecule has 1 aromatic carbocycles. The Balaban J connectivity index is 2.66. The van der Waals surface area contributed by atoms with E-state index >= 15 is 0 Å². The van der Waals surface area contributed by atoms with Gasteiger partial charge in [0.2, 0.25) is 0 Å². The first-order valence-electron chi connectivity index (χ1n) is 6.04. The average molecular weight is 252 g/mol. The van der Waals surface area contributed by atoms with E-state index in [1.165, 1.54) is 6.07 Å². The first-order chi connectivity index (χ1) is 8.54. The minimum absolute atomic E-state index is 0.243. The lowest BCUT2D eigenvalue weighted by Gasteiger charge is -2.13. The number of anilines is 1. The van der Waals surface area contributed by atoms with Gasteiger partial charge in [-0.1, -0.05) is 13.0 Å². The van der Waals surface area contributed by atoms with Gasteiger partial charge in [-0.15, -0.1) is 0 Å². The molecular weight excluding hydrogens is 231 g/mol. The average Bonchev–Trinajstić information content (AvgIpc) is 2.33. The Bertz CT molecular complexity index is 415. The first kappa shape index (κ1) is 14.3. The summed E-state index contributed by atoms with van der Waals surface area (Å²) in [6, 6.07) is 5.09. The molecule has 0 unspecified atom stereocenters. The second kappa shape index (κ2) is 6.83. The highest BCUT2D eigenvalue weighted by atomic mass is 19.1. The van der Waals surface area contributed by atoms with Crippen LogP contribution in [0, 0.1) is 5.82 Å². The Labute approximate surface area is 108 Å². The second-order valence-electron chi connectivity index (χ2n) is 4.31. The summed E-state index contributed by atoms with van der Waals surface area (Å²) >= 11 is 0. The molecule has 0 radical (unpaired) electrons. The summed E-state index contributed by atoms with van der Waals surface area (Å²) in [4.78, 5) is 5.89. The maximum absolute atomic E-state index is 13.7. The van der Waals surface area contributed by atoms with E-state index in [-0.39, 0.29) is 5.82 Å². The van der Waals surface area contributed by atoms with Crippen molar-refractivity contribution in [2.75, 3.05) is 25.5 Å². The number of nitrogens with two attached hydrogens (primary N) is 1. The predicted octanol–water partition coefficient (Wildman–Crippen LogP) is 1.71. The third kappa shape index (κ3) is 4.24. The molecule has 0 aromatic heterocycles. The molecule has 0 amide bonds. The van der Waals surface area contributed by atoms with Gasteiger partial charge in [0.1, 0.15) is 5.82 Å². The number of aliphatic imine (C=N–C) groups is 1. The van der Waals surface area contributed by atoms with Crippen LogP contribution >= 0.6 is 0 Å². The van der Waals surface area contributed by atoms with Crippen LogP contribution in [0.3, 0.4) is 0 Å². The maximum atomic E-state index is 13.7. The summed E-state index contributed by atoms with van der Waals surface area (Å²) in [5, 5.41) is 2.97. The molecule has 0 aliphatic carbocycles. The molecule has 0 aliphatic heterocycles. The van der Waals surface area contributed by atoms with E-state index in [2.05, 4.69) is 17.2 Å². The van der Waals surface area contributed by atoms with Crippen LogP contribution in [-0.2, 0) is 6.54 Å². The normalized spacial score (nSPS) is 11.4. The van der Waals surface area contributed by atoms with Crippen LogP contribution < -0.4 is 16.0 Å². The molecule has 0 aliphatic rings. The highest BCUT2D eigenvalue weighted by Crippen LogP contribution is 2.18. The van der Waals surface area contributed by atoms with Gasteiger partial charge in [-0.25, -0.2) is 9.38 Å². The minimum Gasteiger partial charge on any atom is -0.375 e. The molecule has 0 saturated carbocycles. The zero-order chi connectivity index (χ0) is 13.5. The monoisotopic (exact) mass is 252 g/mol. The van der Waals surface area contributed by atoms with Crippen LogP contribution in [0.5, 0.6) is 0 Å². The molecule has 0 atom stereocenters. The lowest BCUT2D eigenvalue weighted by atomic mass is 10.2. The van der Waals surface area contributed by atoms with E-state index in [1.807, 2.05) is 20.2 Å². The Morgan fingerprint density at radius 2 is 2.17 bits per heavy atom. The summed E-state index contributed by atoms with van der Waals surface area (Å²) in [5.41, 5.74) is 7.03. The lowest BCUT2D eigenvalue weighted by Crippen LogP contribution is -2.32. The van der Waals surface area contributed by atoms with Crippen molar-refractivity contribution in [2.45, 2.75) is 19.9 Å². The van der Waals surface area contributed by atoms with E-state index in [0.29, 0.717) is 18.2 Å². The van der Waals surface area contributed by atoms with E-state index in [0.717, 1.165) is 18.5 Å². The van der Waals surface area contributed by atoms with Crippen molar-refractivity contribution in [3.63, 3.8) is 0 Å². The fraction of sp³-hybridized carbons (Fsp3) is 0.462. The maximum Gasteiger partial charge on any atom is 0.188 e.